The summed E-state index contributed by atoms with van der Waals surface area (Å²) in [6, 6.07) is 19.6. The van der Waals surface area contributed by atoms with Gasteiger partial charge in [-0.3, -0.25) is 0 Å². The van der Waals surface area contributed by atoms with Crippen molar-refractivity contribution < 1.29 is 0 Å². The maximum Gasteiger partial charge on any atom is 0.0546 e. The fraction of sp³-hybridized carbons (Fsp3) is 0.250. The van der Waals surface area contributed by atoms with Crippen molar-refractivity contribution in [3.63, 3.8) is 0 Å². The first-order valence-corrected chi connectivity index (χ1v) is 8.69. The normalized spacial score (nSPS) is 12.3. The van der Waals surface area contributed by atoms with Crippen LogP contribution in [0.4, 0.5) is 0 Å². The van der Waals surface area contributed by atoms with Gasteiger partial charge in [-0.15, -0.1) is 0 Å². The fourth-order valence-corrected chi connectivity index (χ4v) is 3.63. The summed E-state index contributed by atoms with van der Waals surface area (Å²) in [5.74, 6) is 1.08. The first-order valence-electron chi connectivity index (χ1n) is 6.01. The molecule has 0 radical (unpaired) electrons. The molecule has 0 saturated heterocycles. The topological polar surface area (TPSA) is 0 Å². The smallest absolute Gasteiger partial charge is 0.0546 e. The van der Waals surface area contributed by atoms with Crippen LogP contribution in [-0.2, 0) is 5.75 Å². The molecule has 0 aliphatic rings. The van der Waals surface area contributed by atoms with Crippen LogP contribution in [0.1, 0.15) is 21.9 Å². The second kappa shape index (κ2) is 6.91. The number of hydrogen-bond acceptors (Lipinski definition) is 2. The minimum Gasteiger partial charge on any atom is -0.161 e. The van der Waals surface area contributed by atoms with E-state index >= 15 is 0 Å². The highest BCUT2D eigenvalue weighted by Crippen LogP contribution is 2.36. The third kappa shape index (κ3) is 3.12. The Kier molecular flexibility index (Phi) is 5.21. The van der Waals surface area contributed by atoms with Crippen molar-refractivity contribution in [3.05, 3.63) is 71.3 Å². The van der Waals surface area contributed by atoms with Gasteiger partial charge in [-0.25, -0.2) is 0 Å². The van der Waals surface area contributed by atoms with Gasteiger partial charge < -0.3 is 0 Å². The molecule has 0 aliphatic carbocycles. The molecule has 94 valence electrons. The van der Waals surface area contributed by atoms with Gasteiger partial charge in [-0.2, -0.15) is 23.5 Å². The molecule has 1 atom stereocenters. The highest BCUT2D eigenvalue weighted by molar-refractivity contribution is 7.99. The zero-order chi connectivity index (χ0) is 12.8. The second-order valence-electron chi connectivity index (χ2n) is 4.16. The van der Waals surface area contributed by atoms with Crippen LogP contribution >= 0.6 is 23.5 Å². The third-order valence-electron chi connectivity index (χ3n) is 2.98. The molecule has 0 spiro atoms. The molecule has 18 heavy (non-hydrogen) atoms. The van der Waals surface area contributed by atoms with Crippen molar-refractivity contribution in [3.8, 4) is 0 Å². The van der Waals surface area contributed by atoms with Crippen LogP contribution in [0.2, 0.25) is 0 Å². The number of hydrogen-bond donors (Lipinski definition) is 0. The van der Waals surface area contributed by atoms with Gasteiger partial charge in [0.05, 0.1) is 5.25 Å². The van der Waals surface area contributed by atoms with E-state index in [4.69, 9.17) is 0 Å². The van der Waals surface area contributed by atoms with Crippen molar-refractivity contribution in [2.75, 3.05) is 12.5 Å². The second-order valence-corrected chi connectivity index (χ2v) is 5.97. The summed E-state index contributed by atoms with van der Waals surface area (Å²) in [4.78, 5) is 0. The first-order chi connectivity index (χ1) is 8.86. The van der Waals surface area contributed by atoms with Crippen LogP contribution in [0.25, 0.3) is 0 Å². The zero-order valence-electron chi connectivity index (χ0n) is 10.8. The van der Waals surface area contributed by atoms with Crippen molar-refractivity contribution in [2.45, 2.75) is 11.0 Å². The Morgan fingerprint density at radius 1 is 0.889 bits per heavy atom. The Bertz CT molecular complexity index is 479. The minimum absolute atomic E-state index is 0.439. The molecule has 1 unspecified atom stereocenters. The monoisotopic (exact) mass is 274 g/mol. The SMILES string of the molecule is CSCc1ccccc1C(SC)c1ccccc1. The lowest BCUT2D eigenvalue weighted by Gasteiger charge is -2.19. The molecule has 2 aromatic carbocycles. The number of thioether (sulfide) groups is 2. The number of rotatable bonds is 5. The molecule has 0 saturated carbocycles. The van der Waals surface area contributed by atoms with Gasteiger partial charge in [0.25, 0.3) is 0 Å². The Labute approximate surface area is 118 Å². The summed E-state index contributed by atoms with van der Waals surface area (Å²) in [7, 11) is 0. The molecule has 0 nitrogen and oxygen atoms in total. The lowest BCUT2D eigenvalue weighted by atomic mass is 10.00. The summed E-state index contributed by atoms with van der Waals surface area (Å²) in [6.45, 7) is 0. The van der Waals surface area contributed by atoms with E-state index in [-0.39, 0.29) is 0 Å². The summed E-state index contributed by atoms with van der Waals surface area (Å²) < 4.78 is 0. The molecule has 0 heterocycles. The van der Waals surface area contributed by atoms with E-state index in [0.717, 1.165) is 5.75 Å². The zero-order valence-corrected chi connectivity index (χ0v) is 12.4. The number of benzene rings is 2. The summed E-state index contributed by atoms with van der Waals surface area (Å²) in [5, 5.41) is 0.439. The van der Waals surface area contributed by atoms with E-state index in [2.05, 4.69) is 67.1 Å². The Balaban J connectivity index is 2.39. The maximum absolute atomic E-state index is 2.26. The van der Waals surface area contributed by atoms with Gasteiger partial charge in [0.2, 0.25) is 0 Å². The van der Waals surface area contributed by atoms with E-state index in [1.807, 2.05) is 23.5 Å². The Hall–Kier alpha value is -0.860. The first kappa shape index (κ1) is 13.6. The average Bonchev–Trinajstić information content (AvgIpc) is 2.43. The third-order valence-corrected chi connectivity index (χ3v) is 4.57. The molecule has 0 aliphatic heterocycles. The van der Waals surface area contributed by atoms with Gasteiger partial charge in [-0.05, 0) is 29.2 Å². The summed E-state index contributed by atoms with van der Waals surface area (Å²) in [5.41, 5.74) is 4.29. The van der Waals surface area contributed by atoms with Crippen LogP contribution in [0, 0.1) is 0 Å². The van der Waals surface area contributed by atoms with Crippen molar-refractivity contribution in [1.29, 1.82) is 0 Å². The molecule has 0 bridgehead atoms. The van der Waals surface area contributed by atoms with Crippen molar-refractivity contribution >= 4 is 23.5 Å². The Morgan fingerprint density at radius 3 is 2.22 bits per heavy atom. The standard InChI is InChI=1S/C16H18S2/c1-17-12-14-10-6-7-11-15(14)16(18-2)13-8-4-3-5-9-13/h3-11,16H,12H2,1-2H3. The van der Waals surface area contributed by atoms with Crippen LogP contribution in [-0.4, -0.2) is 12.5 Å². The van der Waals surface area contributed by atoms with Gasteiger partial charge >= 0.3 is 0 Å². The minimum atomic E-state index is 0.439. The van der Waals surface area contributed by atoms with Crippen LogP contribution in [0.15, 0.2) is 54.6 Å². The molecular weight excluding hydrogens is 256 g/mol. The highest BCUT2D eigenvalue weighted by Gasteiger charge is 2.15. The fourth-order valence-electron chi connectivity index (χ4n) is 2.15. The van der Waals surface area contributed by atoms with E-state index < -0.39 is 0 Å². The summed E-state index contributed by atoms with van der Waals surface area (Å²) >= 11 is 3.79. The predicted molar refractivity (Wildman–Crippen MR) is 85.5 cm³/mol. The Morgan fingerprint density at radius 2 is 1.56 bits per heavy atom. The maximum atomic E-state index is 2.26. The molecule has 2 heteroatoms. The molecule has 0 amide bonds. The van der Waals surface area contributed by atoms with Gasteiger partial charge in [0.15, 0.2) is 0 Å². The molecular formula is C16H18S2. The lowest BCUT2D eigenvalue weighted by Crippen LogP contribution is -2.00. The van der Waals surface area contributed by atoms with Gasteiger partial charge in [0.1, 0.15) is 0 Å². The summed E-state index contributed by atoms with van der Waals surface area (Å²) in [6.07, 6.45) is 4.35. The largest absolute Gasteiger partial charge is 0.161 e. The lowest BCUT2D eigenvalue weighted by molar-refractivity contribution is 1.12. The van der Waals surface area contributed by atoms with Crippen LogP contribution in [0.3, 0.4) is 0 Å². The predicted octanol–water partition coefficient (Wildman–Crippen LogP) is 5.00. The molecule has 0 fully saturated rings. The quantitative estimate of drug-likeness (QED) is 0.752. The molecule has 0 aromatic heterocycles. The van der Waals surface area contributed by atoms with Gasteiger partial charge in [0, 0.05) is 5.75 Å². The van der Waals surface area contributed by atoms with Crippen LogP contribution in [0.5, 0.6) is 0 Å². The van der Waals surface area contributed by atoms with E-state index in [0.29, 0.717) is 5.25 Å². The van der Waals surface area contributed by atoms with E-state index in [1.54, 1.807) is 0 Å². The van der Waals surface area contributed by atoms with Crippen molar-refractivity contribution in [1.82, 2.24) is 0 Å². The van der Waals surface area contributed by atoms with Crippen LogP contribution < -0.4 is 0 Å². The van der Waals surface area contributed by atoms with Gasteiger partial charge in [-0.1, -0.05) is 54.6 Å². The molecule has 2 aromatic rings. The van der Waals surface area contributed by atoms with E-state index in [1.165, 1.54) is 16.7 Å². The molecule has 0 N–H and O–H groups in total. The average molecular weight is 274 g/mol. The van der Waals surface area contributed by atoms with E-state index in [9.17, 15) is 0 Å². The highest BCUT2D eigenvalue weighted by atomic mass is 32.2. The molecule has 2 rings (SSSR count). The van der Waals surface area contributed by atoms with Crippen molar-refractivity contribution in [2.24, 2.45) is 0 Å².